The third-order valence-corrected chi connectivity index (χ3v) is 6.06. The third kappa shape index (κ3) is 6.07. The molecule has 30 heavy (non-hydrogen) atoms. The van der Waals surface area contributed by atoms with Crippen molar-refractivity contribution in [3.8, 4) is 0 Å². The molecule has 9 heteroatoms. The van der Waals surface area contributed by atoms with Crippen LogP contribution in [0, 0.1) is 11.6 Å². The van der Waals surface area contributed by atoms with Gasteiger partial charge in [0.25, 0.3) is 0 Å². The molecule has 162 valence electrons. The number of halogens is 2. The van der Waals surface area contributed by atoms with E-state index in [1.165, 1.54) is 12.1 Å². The molecule has 3 rings (SSSR count). The van der Waals surface area contributed by atoms with Crippen LogP contribution in [0.1, 0.15) is 11.1 Å². The van der Waals surface area contributed by atoms with E-state index in [1.807, 2.05) is 4.90 Å². The summed E-state index contributed by atoms with van der Waals surface area (Å²) in [5.74, 6) is -2.05. The quantitative estimate of drug-likeness (QED) is 0.715. The fourth-order valence-electron chi connectivity index (χ4n) is 3.42. The van der Waals surface area contributed by atoms with Gasteiger partial charge in [0, 0.05) is 32.4 Å². The van der Waals surface area contributed by atoms with Gasteiger partial charge in [-0.15, -0.1) is 0 Å². The molecular weight excluding hydrogens is 414 g/mol. The molecule has 6 nitrogen and oxygen atoms in total. The first kappa shape index (κ1) is 22.3. The summed E-state index contributed by atoms with van der Waals surface area (Å²) < 4.78 is 55.9. The minimum Gasteiger partial charge on any atom is -0.374 e. The van der Waals surface area contributed by atoms with Crippen molar-refractivity contribution < 1.29 is 26.7 Å². The van der Waals surface area contributed by atoms with E-state index >= 15 is 0 Å². The highest BCUT2D eigenvalue weighted by Crippen LogP contribution is 2.16. The maximum absolute atomic E-state index is 13.4. The normalized spacial score (nSPS) is 17.6. The number of amides is 1. The van der Waals surface area contributed by atoms with Crippen molar-refractivity contribution in [2.75, 3.05) is 32.5 Å². The largest absolute Gasteiger partial charge is 0.374 e. The second-order valence-corrected chi connectivity index (χ2v) is 9.32. The Labute approximate surface area is 174 Å². The summed E-state index contributed by atoms with van der Waals surface area (Å²) in [5, 5.41) is 2.79. The molecule has 2 aromatic carbocycles. The van der Waals surface area contributed by atoms with Crippen LogP contribution in [0.5, 0.6) is 0 Å². The lowest BCUT2D eigenvalue weighted by Crippen LogP contribution is -2.47. The summed E-state index contributed by atoms with van der Waals surface area (Å²) in [6, 6.07) is 10.3. The molecular formula is C21H24F2N2O4S. The van der Waals surface area contributed by atoms with Crippen LogP contribution in [0.25, 0.3) is 0 Å². The minimum absolute atomic E-state index is 0.0471. The molecule has 0 aliphatic carbocycles. The van der Waals surface area contributed by atoms with E-state index in [-0.39, 0.29) is 29.9 Å². The number of ether oxygens (including phenoxy) is 1. The molecule has 1 heterocycles. The van der Waals surface area contributed by atoms with E-state index in [0.29, 0.717) is 37.4 Å². The maximum Gasteiger partial charge on any atom is 0.224 e. The molecule has 1 unspecified atom stereocenters. The Bertz CT molecular complexity index is 1010. The SMILES string of the molecule is CS(=O)(=O)c1ccccc1CC(=O)NCC1CN(Cc2ccc(F)c(F)c2)CCO1. The van der Waals surface area contributed by atoms with Crippen molar-refractivity contribution in [3.05, 3.63) is 65.2 Å². The topological polar surface area (TPSA) is 75.7 Å². The van der Waals surface area contributed by atoms with E-state index in [2.05, 4.69) is 5.32 Å². The number of nitrogens with one attached hydrogen (secondary N) is 1. The van der Waals surface area contributed by atoms with Gasteiger partial charge in [0.1, 0.15) is 0 Å². The average molecular weight is 438 g/mol. The van der Waals surface area contributed by atoms with Crippen LogP contribution in [-0.4, -0.2) is 57.8 Å². The molecule has 0 aromatic heterocycles. The van der Waals surface area contributed by atoms with Gasteiger partial charge in [-0.25, -0.2) is 17.2 Å². The number of carbonyl (C=O) groups is 1. The fraction of sp³-hybridized carbons (Fsp3) is 0.381. The highest BCUT2D eigenvalue weighted by Gasteiger charge is 2.22. The van der Waals surface area contributed by atoms with Crippen LogP contribution in [0.2, 0.25) is 0 Å². The van der Waals surface area contributed by atoms with Gasteiger partial charge in [-0.3, -0.25) is 9.69 Å². The molecule has 0 radical (unpaired) electrons. The summed E-state index contributed by atoms with van der Waals surface area (Å²) in [4.78, 5) is 14.5. The molecule has 0 bridgehead atoms. The molecule has 1 fully saturated rings. The Hall–Kier alpha value is -2.36. The van der Waals surface area contributed by atoms with Gasteiger partial charge in [-0.1, -0.05) is 24.3 Å². The van der Waals surface area contributed by atoms with Crippen molar-refractivity contribution in [2.24, 2.45) is 0 Å². The van der Waals surface area contributed by atoms with Gasteiger partial charge in [0.2, 0.25) is 5.91 Å². The maximum atomic E-state index is 13.4. The number of sulfone groups is 1. The predicted molar refractivity (Wildman–Crippen MR) is 108 cm³/mol. The average Bonchev–Trinajstić information content (AvgIpc) is 2.69. The van der Waals surface area contributed by atoms with Crippen LogP contribution in [0.4, 0.5) is 8.78 Å². The fourth-order valence-corrected chi connectivity index (χ4v) is 4.36. The van der Waals surface area contributed by atoms with Crippen molar-refractivity contribution >= 4 is 15.7 Å². The molecule has 0 spiro atoms. The summed E-state index contributed by atoms with van der Waals surface area (Å²) >= 11 is 0. The zero-order valence-corrected chi connectivity index (χ0v) is 17.4. The molecule has 2 aromatic rings. The van der Waals surface area contributed by atoms with Crippen LogP contribution in [-0.2, 0) is 32.3 Å². The van der Waals surface area contributed by atoms with Gasteiger partial charge < -0.3 is 10.1 Å². The number of benzene rings is 2. The van der Waals surface area contributed by atoms with Crippen molar-refractivity contribution in [3.63, 3.8) is 0 Å². The summed E-state index contributed by atoms with van der Waals surface area (Å²) in [6.45, 7) is 2.35. The lowest BCUT2D eigenvalue weighted by atomic mass is 10.1. The van der Waals surface area contributed by atoms with Gasteiger partial charge >= 0.3 is 0 Å². The Morgan fingerprint density at radius 1 is 1.20 bits per heavy atom. The van der Waals surface area contributed by atoms with Crippen LogP contribution in [0.15, 0.2) is 47.4 Å². The molecule has 1 aliphatic heterocycles. The summed E-state index contributed by atoms with van der Waals surface area (Å²) in [5.41, 5.74) is 1.11. The molecule has 1 atom stereocenters. The van der Waals surface area contributed by atoms with Crippen LogP contribution in [0.3, 0.4) is 0 Å². The second kappa shape index (κ2) is 9.63. The highest BCUT2D eigenvalue weighted by molar-refractivity contribution is 7.90. The monoisotopic (exact) mass is 438 g/mol. The molecule has 1 aliphatic rings. The lowest BCUT2D eigenvalue weighted by Gasteiger charge is -2.33. The first-order valence-electron chi connectivity index (χ1n) is 9.55. The number of morpholine rings is 1. The number of carbonyl (C=O) groups excluding carboxylic acids is 1. The molecule has 1 N–H and O–H groups in total. The third-order valence-electron chi connectivity index (χ3n) is 4.86. The Kier molecular flexibility index (Phi) is 7.17. The molecule has 1 amide bonds. The minimum atomic E-state index is -3.42. The lowest BCUT2D eigenvalue weighted by molar-refractivity contribution is -0.121. The standard InChI is InChI=1S/C21H24F2N2O4S/c1-30(27,28)20-5-3-2-4-16(20)11-21(26)24-12-17-14-25(8-9-29-17)13-15-6-7-18(22)19(23)10-15/h2-7,10,17H,8-9,11-14H2,1H3,(H,24,26). The van der Waals surface area contributed by atoms with E-state index in [0.717, 1.165) is 12.3 Å². The Morgan fingerprint density at radius 2 is 1.97 bits per heavy atom. The van der Waals surface area contributed by atoms with E-state index in [1.54, 1.807) is 24.3 Å². The van der Waals surface area contributed by atoms with E-state index in [4.69, 9.17) is 4.74 Å². The second-order valence-electron chi connectivity index (χ2n) is 7.34. The summed E-state index contributed by atoms with van der Waals surface area (Å²) in [6.07, 6.45) is 0.813. The number of rotatable bonds is 7. The first-order valence-corrected chi connectivity index (χ1v) is 11.4. The van der Waals surface area contributed by atoms with E-state index < -0.39 is 21.5 Å². The highest BCUT2D eigenvalue weighted by atomic mass is 32.2. The Morgan fingerprint density at radius 3 is 2.70 bits per heavy atom. The summed E-state index contributed by atoms with van der Waals surface area (Å²) in [7, 11) is -3.42. The zero-order valence-electron chi connectivity index (χ0n) is 16.6. The van der Waals surface area contributed by atoms with Gasteiger partial charge in [-0.2, -0.15) is 0 Å². The van der Waals surface area contributed by atoms with Gasteiger partial charge in [0.05, 0.1) is 24.0 Å². The van der Waals surface area contributed by atoms with Gasteiger partial charge in [0.15, 0.2) is 21.5 Å². The zero-order chi connectivity index (χ0) is 21.7. The smallest absolute Gasteiger partial charge is 0.224 e. The number of nitrogens with zero attached hydrogens (tertiary/aromatic N) is 1. The predicted octanol–water partition coefficient (Wildman–Crippen LogP) is 1.93. The first-order chi connectivity index (χ1) is 14.2. The van der Waals surface area contributed by atoms with Crippen molar-refractivity contribution in [1.82, 2.24) is 10.2 Å². The van der Waals surface area contributed by atoms with E-state index in [9.17, 15) is 22.0 Å². The number of hydrogen-bond donors (Lipinski definition) is 1. The van der Waals surface area contributed by atoms with Gasteiger partial charge in [-0.05, 0) is 29.3 Å². The van der Waals surface area contributed by atoms with Crippen molar-refractivity contribution in [1.29, 1.82) is 0 Å². The Balaban J connectivity index is 1.52. The number of hydrogen-bond acceptors (Lipinski definition) is 5. The van der Waals surface area contributed by atoms with Crippen LogP contribution >= 0.6 is 0 Å². The van der Waals surface area contributed by atoms with Crippen molar-refractivity contribution in [2.45, 2.75) is 24.0 Å². The molecule has 1 saturated heterocycles. The van der Waals surface area contributed by atoms with Crippen LogP contribution < -0.4 is 5.32 Å². The molecule has 0 saturated carbocycles.